The van der Waals surface area contributed by atoms with Gasteiger partial charge in [0.25, 0.3) is 5.91 Å². The van der Waals surface area contributed by atoms with E-state index < -0.39 is 5.92 Å². The van der Waals surface area contributed by atoms with Crippen molar-refractivity contribution in [2.45, 2.75) is 37.6 Å². The molecule has 1 saturated heterocycles. The van der Waals surface area contributed by atoms with Gasteiger partial charge in [-0.1, -0.05) is 49.2 Å². The third-order valence-electron chi connectivity index (χ3n) is 7.41. The summed E-state index contributed by atoms with van der Waals surface area (Å²) in [6.45, 7) is 2.42. The largest absolute Gasteiger partial charge is 0.383 e. The number of ether oxygens (including phenoxy) is 1. The fourth-order valence-electron chi connectivity index (χ4n) is 5.74. The van der Waals surface area contributed by atoms with Crippen LogP contribution in [0.5, 0.6) is 0 Å². The van der Waals surface area contributed by atoms with Crippen LogP contribution < -0.4 is 0 Å². The summed E-state index contributed by atoms with van der Waals surface area (Å²) < 4.78 is 7.49. The van der Waals surface area contributed by atoms with E-state index in [2.05, 4.69) is 22.9 Å². The fourth-order valence-corrected chi connectivity index (χ4v) is 5.74. The van der Waals surface area contributed by atoms with Crippen LogP contribution in [0.25, 0.3) is 10.9 Å². The first-order valence-electron chi connectivity index (χ1n) is 12.3. The zero-order valence-electron chi connectivity index (χ0n) is 20.1. The third-order valence-corrected chi connectivity index (χ3v) is 7.41. The number of aryl methyl sites for hydroxylation is 1. The van der Waals surface area contributed by atoms with Crippen molar-refractivity contribution in [3.63, 3.8) is 0 Å². The first-order valence-corrected chi connectivity index (χ1v) is 12.3. The number of amides is 2. The fraction of sp³-hybridized carbons (Fsp3) is 0.429. The molecule has 2 unspecified atom stereocenters. The molecular formula is C28H33N3O3. The monoisotopic (exact) mass is 459 g/mol. The van der Waals surface area contributed by atoms with Crippen LogP contribution in [0.3, 0.4) is 0 Å². The number of carbonyl (C=O) groups is 2. The van der Waals surface area contributed by atoms with E-state index >= 15 is 0 Å². The maximum absolute atomic E-state index is 14.3. The molecule has 0 spiro atoms. The summed E-state index contributed by atoms with van der Waals surface area (Å²) in [7, 11) is 3.67. The zero-order chi connectivity index (χ0) is 23.7. The van der Waals surface area contributed by atoms with Crippen LogP contribution in [-0.2, 0) is 16.6 Å². The van der Waals surface area contributed by atoms with Crippen molar-refractivity contribution in [1.82, 2.24) is 14.4 Å². The second kappa shape index (κ2) is 9.63. The Hall–Kier alpha value is -3.12. The highest BCUT2D eigenvalue weighted by molar-refractivity contribution is 6.02. The zero-order valence-corrected chi connectivity index (χ0v) is 20.1. The lowest BCUT2D eigenvalue weighted by Crippen LogP contribution is -2.49. The average molecular weight is 460 g/mol. The minimum atomic E-state index is -0.449. The highest BCUT2D eigenvalue weighted by atomic mass is 16.5. The molecule has 0 N–H and O–H groups in total. The minimum Gasteiger partial charge on any atom is -0.383 e. The molecule has 3 aromatic rings. The number of hydrogen-bond donors (Lipinski definition) is 0. The Bertz CT molecular complexity index is 1190. The number of nitrogens with zero attached hydrogens (tertiary/aromatic N) is 3. The number of methoxy groups -OCH3 is 1. The van der Waals surface area contributed by atoms with Crippen LogP contribution in [0.15, 0.2) is 54.7 Å². The molecular weight excluding hydrogens is 426 g/mol. The summed E-state index contributed by atoms with van der Waals surface area (Å²) in [6, 6.07) is 15.5. The van der Waals surface area contributed by atoms with Gasteiger partial charge in [-0.05, 0) is 30.5 Å². The Kier molecular flexibility index (Phi) is 6.42. The van der Waals surface area contributed by atoms with Crippen LogP contribution in [-0.4, -0.2) is 59.5 Å². The Morgan fingerprint density at radius 1 is 0.971 bits per heavy atom. The first-order chi connectivity index (χ1) is 16.6. The molecule has 0 aliphatic carbocycles. The summed E-state index contributed by atoms with van der Waals surface area (Å²) in [4.78, 5) is 32.0. The molecule has 2 amide bonds. The van der Waals surface area contributed by atoms with Crippen LogP contribution in [0, 0.1) is 0 Å². The molecule has 6 nitrogen and oxygen atoms in total. The normalized spacial score (nSPS) is 20.9. The molecule has 6 heteroatoms. The van der Waals surface area contributed by atoms with Gasteiger partial charge in [0.2, 0.25) is 5.91 Å². The molecule has 1 fully saturated rings. The summed E-state index contributed by atoms with van der Waals surface area (Å²) in [5, 5.41) is 1.08. The molecule has 0 bridgehead atoms. The molecule has 0 saturated carbocycles. The Labute approximate surface area is 201 Å². The van der Waals surface area contributed by atoms with E-state index in [1.165, 1.54) is 0 Å². The van der Waals surface area contributed by atoms with E-state index in [4.69, 9.17) is 4.74 Å². The van der Waals surface area contributed by atoms with Crippen molar-refractivity contribution in [1.29, 1.82) is 0 Å². The van der Waals surface area contributed by atoms with Gasteiger partial charge in [-0.3, -0.25) is 9.59 Å². The van der Waals surface area contributed by atoms with Gasteiger partial charge in [0.1, 0.15) is 0 Å². The lowest BCUT2D eigenvalue weighted by molar-refractivity contribution is -0.134. The number of aromatic nitrogens is 1. The Morgan fingerprint density at radius 2 is 1.68 bits per heavy atom. The molecule has 34 heavy (non-hydrogen) atoms. The van der Waals surface area contributed by atoms with Crippen molar-refractivity contribution in [3.8, 4) is 0 Å². The van der Waals surface area contributed by atoms with Gasteiger partial charge in [-0.25, -0.2) is 0 Å². The van der Waals surface area contributed by atoms with E-state index in [1.807, 2.05) is 53.2 Å². The predicted molar refractivity (Wildman–Crippen MR) is 133 cm³/mol. The van der Waals surface area contributed by atoms with Crippen molar-refractivity contribution in [2.24, 2.45) is 7.05 Å². The van der Waals surface area contributed by atoms with E-state index in [9.17, 15) is 9.59 Å². The third kappa shape index (κ3) is 3.90. The van der Waals surface area contributed by atoms with Crippen molar-refractivity contribution >= 4 is 22.7 Å². The van der Waals surface area contributed by atoms with E-state index in [0.717, 1.165) is 60.8 Å². The van der Waals surface area contributed by atoms with Gasteiger partial charge in [-0.2, -0.15) is 0 Å². The molecule has 5 rings (SSSR count). The second-order valence-corrected chi connectivity index (χ2v) is 9.45. The van der Waals surface area contributed by atoms with E-state index in [0.29, 0.717) is 18.7 Å². The van der Waals surface area contributed by atoms with Crippen LogP contribution in [0.2, 0.25) is 0 Å². The predicted octanol–water partition coefficient (Wildman–Crippen LogP) is 4.51. The number of fused-ring (bicyclic) bond motifs is 2. The molecule has 178 valence electrons. The second-order valence-electron chi connectivity index (χ2n) is 9.45. The highest BCUT2D eigenvalue weighted by Gasteiger charge is 2.46. The molecule has 1 aromatic heterocycles. The molecule has 2 aromatic carbocycles. The van der Waals surface area contributed by atoms with Gasteiger partial charge in [0.05, 0.1) is 18.6 Å². The lowest BCUT2D eigenvalue weighted by Gasteiger charge is -2.43. The van der Waals surface area contributed by atoms with Crippen molar-refractivity contribution in [3.05, 3.63) is 71.4 Å². The molecule has 2 aliphatic heterocycles. The number of likely N-dealkylation sites (tertiary alicyclic amines) is 1. The van der Waals surface area contributed by atoms with Crippen LogP contribution in [0.4, 0.5) is 0 Å². The molecule has 3 heterocycles. The lowest BCUT2D eigenvalue weighted by atomic mass is 9.78. The maximum atomic E-state index is 14.3. The summed E-state index contributed by atoms with van der Waals surface area (Å²) >= 11 is 0. The van der Waals surface area contributed by atoms with Gasteiger partial charge >= 0.3 is 0 Å². The smallest absolute Gasteiger partial charge is 0.254 e. The maximum Gasteiger partial charge on any atom is 0.254 e. The molecule has 2 atom stereocenters. The van der Waals surface area contributed by atoms with Gasteiger partial charge in [0, 0.05) is 62.0 Å². The van der Waals surface area contributed by atoms with Gasteiger partial charge in [-0.15, -0.1) is 0 Å². The van der Waals surface area contributed by atoms with E-state index in [-0.39, 0.29) is 17.9 Å². The van der Waals surface area contributed by atoms with E-state index in [1.54, 1.807) is 7.11 Å². The Morgan fingerprint density at radius 3 is 2.44 bits per heavy atom. The number of benzene rings is 2. The first kappa shape index (κ1) is 22.7. The minimum absolute atomic E-state index is 0.0366. The molecule has 2 aliphatic rings. The number of hydrogen-bond acceptors (Lipinski definition) is 3. The van der Waals surface area contributed by atoms with Crippen LogP contribution in [0.1, 0.15) is 59.1 Å². The summed E-state index contributed by atoms with van der Waals surface area (Å²) in [5.41, 5.74) is 3.58. The number of carbonyl (C=O) groups excluding carboxylic acids is 2. The molecule has 0 radical (unpaired) electrons. The van der Waals surface area contributed by atoms with Crippen molar-refractivity contribution < 1.29 is 14.3 Å². The van der Waals surface area contributed by atoms with Crippen molar-refractivity contribution in [2.75, 3.05) is 33.4 Å². The number of rotatable bonds is 5. The number of para-hydroxylation sites is 1. The van der Waals surface area contributed by atoms with Gasteiger partial charge < -0.3 is 19.1 Å². The topological polar surface area (TPSA) is 54.8 Å². The standard InChI is InChI=1S/C28H33N3O3/c1-29-19-23(20-11-7-8-14-24(20)29)26-25(28(33)30-15-9-3-4-10-16-30)21-12-5-6-13-22(21)27(32)31(26)17-18-34-2/h5-8,11-14,19,25-26H,3-4,9-10,15-18H2,1-2H3. The summed E-state index contributed by atoms with van der Waals surface area (Å²) in [6.07, 6.45) is 6.49. The quantitative estimate of drug-likeness (QED) is 0.564. The Balaban J connectivity index is 1.70. The van der Waals surface area contributed by atoms with Crippen LogP contribution >= 0.6 is 0 Å². The SMILES string of the molecule is COCCN1C(=O)c2ccccc2C(C(=O)N2CCCCCC2)C1c1cn(C)c2ccccc12. The highest BCUT2D eigenvalue weighted by Crippen LogP contribution is 2.46. The summed E-state index contributed by atoms with van der Waals surface area (Å²) in [5.74, 6) is -0.359. The van der Waals surface area contributed by atoms with Gasteiger partial charge in [0.15, 0.2) is 0 Å². The average Bonchev–Trinajstić information content (AvgIpc) is 3.02.